The molecule has 0 saturated heterocycles. The fourth-order valence-electron chi connectivity index (χ4n) is 5.02. The fourth-order valence-corrected chi connectivity index (χ4v) is 5.02. The number of carbonyl (C=O) groups excluding carboxylic acids is 2. The number of hydrogen-bond donors (Lipinski definition) is 3. The van der Waals surface area contributed by atoms with E-state index in [1.165, 1.54) is 12.2 Å². The van der Waals surface area contributed by atoms with Gasteiger partial charge < -0.3 is 20.1 Å². The van der Waals surface area contributed by atoms with Gasteiger partial charge in [-0.05, 0) is 45.4 Å². The zero-order chi connectivity index (χ0) is 25.2. The lowest BCUT2D eigenvalue weighted by atomic mass is 9.64. The second-order valence-corrected chi connectivity index (χ2v) is 9.25. The molecule has 3 N–H and O–H groups in total. The topological polar surface area (TPSA) is 138 Å². The lowest BCUT2D eigenvalue weighted by Crippen LogP contribution is -2.48. The van der Waals surface area contributed by atoms with Crippen molar-refractivity contribution in [1.29, 1.82) is 0 Å². The Kier molecular flexibility index (Phi) is 11.2. The highest BCUT2D eigenvalue weighted by Gasteiger charge is 2.64. The van der Waals surface area contributed by atoms with Gasteiger partial charge in [-0.1, -0.05) is 51.7 Å². The van der Waals surface area contributed by atoms with Crippen LogP contribution in [0.25, 0.3) is 0 Å². The lowest BCUT2D eigenvalue weighted by Gasteiger charge is -2.36. The van der Waals surface area contributed by atoms with Crippen molar-refractivity contribution in [3.05, 3.63) is 12.2 Å². The summed E-state index contributed by atoms with van der Waals surface area (Å²) in [6.45, 7) is 7.39. The number of aliphatic hydroxyl groups is 1. The summed E-state index contributed by atoms with van der Waals surface area (Å²) in [5, 5.41) is 30.6. The smallest absolute Gasteiger partial charge is 0.318 e. The molecular weight excluding hydrogens is 428 g/mol. The maximum atomic E-state index is 13.3. The minimum Gasteiger partial charge on any atom is -0.481 e. The number of unbranched alkanes of at least 4 members (excludes halogenated alkanes) is 2. The van der Waals surface area contributed by atoms with Gasteiger partial charge in [0.05, 0.1) is 12.2 Å². The molecule has 5 unspecified atom stereocenters. The van der Waals surface area contributed by atoms with E-state index in [0.717, 1.165) is 19.3 Å². The van der Waals surface area contributed by atoms with Crippen molar-refractivity contribution in [2.75, 3.05) is 6.61 Å². The number of carboxylic acid groups (broad SMARTS) is 2. The van der Waals surface area contributed by atoms with Gasteiger partial charge >= 0.3 is 17.9 Å². The molecule has 0 amide bonds. The molecule has 1 rings (SSSR count). The summed E-state index contributed by atoms with van der Waals surface area (Å²) in [4.78, 5) is 49.5. The average Bonchev–Trinajstić information content (AvgIpc) is 3.03. The van der Waals surface area contributed by atoms with Gasteiger partial charge in [-0.15, -0.1) is 0 Å². The maximum absolute atomic E-state index is 13.3. The first-order chi connectivity index (χ1) is 15.5. The number of esters is 1. The molecular formula is C25H40O8. The number of carbonyl (C=O) groups is 4. The van der Waals surface area contributed by atoms with E-state index in [1.807, 2.05) is 0 Å². The zero-order valence-corrected chi connectivity index (χ0v) is 20.3. The summed E-state index contributed by atoms with van der Waals surface area (Å²) >= 11 is 0. The van der Waals surface area contributed by atoms with E-state index in [-0.39, 0.29) is 25.9 Å². The van der Waals surface area contributed by atoms with Gasteiger partial charge in [-0.2, -0.15) is 0 Å². The van der Waals surface area contributed by atoms with Gasteiger partial charge in [0, 0.05) is 12.3 Å². The second kappa shape index (κ2) is 12.9. The van der Waals surface area contributed by atoms with Crippen LogP contribution < -0.4 is 0 Å². The Morgan fingerprint density at radius 3 is 2.36 bits per heavy atom. The van der Waals surface area contributed by atoms with Crippen LogP contribution >= 0.6 is 0 Å². The van der Waals surface area contributed by atoms with Gasteiger partial charge in [-0.3, -0.25) is 19.2 Å². The molecule has 1 aliphatic carbocycles. The van der Waals surface area contributed by atoms with Crippen LogP contribution in [0.15, 0.2) is 12.2 Å². The number of ether oxygens (including phenoxy) is 1. The fraction of sp³-hybridized carbons (Fsp3) is 0.760. The number of ketones is 1. The van der Waals surface area contributed by atoms with Crippen molar-refractivity contribution in [3.8, 4) is 0 Å². The molecule has 33 heavy (non-hydrogen) atoms. The zero-order valence-electron chi connectivity index (χ0n) is 20.3. The largest absolute Gasteiger partial charge is 0.481 e. The predicted octanol–water partition coefficient (Wildman–Crippen LogP) is 3.99. The first kappa shape index (κ1) is 28.8. The van der Waals surface area contributed by atoms with E-state index in [9.17, 15) is 34.5 Å². The maximum Gasteiger partial charge on any atom is 0.318 e. The Labute approximate surface area is 196 Å². The lowest BCUT2D eigenvalue weighted by molar-refractivity contribution is -0.161. The van der Waals surface area contributed by atoms with Gasteiger partial charge in [0.1, 0.15) is 11.3 Å². The highest BCUT2D eigenvalue weighted by atomic mass is 16.5. The van der Waals surface area contributed by atoms with Crippen LogP contribution in [-0.4, -0.2) is 51.2 Å². The van der Waals surface area contributed by atoms with Gasteiger partial charge in [0.25, 0.3) is 0 Å². The Bertz CT molecular complexity index is 726. The number of carboxylic acids is 2. The van der Waals surface area contributed by atoms with Crippen LogP contribution in [0.1, 0.15) is 85.5 Å². The summed E-state index contributed by atoms with van der Waals surface area (Å²) in [6.07, 6.45) is 7.20. The Morgan fingerprint density at radius 1 is 1.18 bits per heavy atom. The van der Waals surface area contributed by atoms with Crippen molar-refractivity contribution in [2.45, 2.75) is 91.1 Å². The molecule has 1 fully saturated rings. The van der Waals surface area contributed by atoms with Crippen LogP contribution in [0.4, 0.5) is 0 Å². The Balaban J connectivity index is 3.28. The predicted molar refractivity (Wildman–Crippen MR) is 122 cm³/mol. The van der Waals surface area contributed by atoms with Crippen molar-refractivity contribution < 1.29 is 39.2 Å². The molecule has 0 aromatic rings. The first-order valence-corrected chi connectivity index (χ1v) is 12.1. The molecule has 8 nitrogen and oxygen atoms in total. The van der Waals surface area contributed by atoms with E-state index >= 15 is 0 Å². The number of aliphatic carboxylic acids is 2. The molecule has 1 aliphatic rings. The van der Waals surface area contributed by atoms with Crippen molar-refractivity contribution >= 4 is 23.7 Å². The van der Waals surface area contributed by atoms with E-state index < -0.39 is 52.5 Å². The van der Waals surface area contributed by atoms with Gasteiger partial charge in [0.2, 0.25) is 0 Å². The van der Waals surface area contributed by atoms with E-state index in [2.05, 4.69) is 6.92 Å². The third-order valence-electron chi connectivity index (χ3n) is 6.80. The standard InChI is InChI=1S/C25H40O8/c1-5-8-9-14-24(4,32)15-13-18-16-19(22(28)29)21(27)25(18,23(30)31)17(6-2)11-10-12-20(26)33-7-3/h13,15,17-19,32H,5-12,14,16H2,1-4H3,(H,28,29)(H,30,31)/b15-13+. The molecule has 8 heteroatoms. The third kappa shape index (κ3) is 7.13. The molecule has 5 atom stereocenters. The molecule has 0 radical (unpaired) electrons. The molecule has 1 saturated carbocycles. The number of hydrogen-bond acceptors (Lipinski definition) is 6. The number of rotatable bonds is 15. The Morgan fingerprint density at radius 2 is 1.85 bits per heavy atom. The molecule has 0 spiro atoms. The summed E-state index contributed by atoms with van der Waals surface area (Å²) < 4.78 is 4.92. The molecule has 0 heterocycles. The van der Waals surface area contributed by atoms with Crippen LogP contribution in [0.5, 0.6) is 0 Å². The minimum atomic E-state index is -1.91. The first-order valence-electron chi connectivity index (χ1n) is 12.1. The van der Waals surface area contributed by atoms with Crippen LogP contribution in [0, 0.1) is 23.2 Å². The van der Waals surface area contributed by atoms with Crippen LogP contribution in [-0.2, 0) is 23.9 Å². The molecule has 0 aromatic heterocycles. The minimum absolute atomic E-state index is 0.100. The quantitative estimate of drug-likeness (QED) is 0.142. The van der Waals surface area contributed by atoms with Crippen LogP contribution in [0.2, 0.25) is 0 Å². The van der Waals surface area contributed by atoms with E-state index in [0.29, 0.717) is 19.3 Å². The van der Waals surface area contributed by atoms with Crippen molar-refractivity contribution in [2.24, 2.45) is 23.2 Å². The SMILES string of the molecule is CCCCCC(C)(O)/C=C/C1CC(C(=O)O)C(=O)C1(C(=O)O)C(CC)CCCC(=O)OCC. The summed E-state index contributed by atoms with van der Waals surface area (Å²) in [5.74, 6) is -6.81. The van der Waals surface area contributed by atoms with Crippen LogP contribution in [0.3, 0.4) is 0 Å². The van der Waals surface area contributed by atoms with Crippen molar-refractivity contribution in [1.82, 2.24) is 0 Å². The van der Waals surface area contributed by atoms with Gasteiger partial charge in [-0.25, -0.2) is 0 Å². The Hall–Kier alpha value is -2.22. The van der Waals surface area contributed by atoms with Crippen molar-refractivity contribution in [3.63, 3.8) is 0 Å². The highest BCUT2D eigenvalue weighted by molar-refractivity contribution is 6.13. The second-order valence-electron chi connectivity index (χ2n) is 9.25. The monoisotopic (exact) mass is 468 g/mol. The van der Waals surface area contributed by atoms with E-state index in [1.54, 1.807) is 20.8 Å². The summed E-state index contributed by atoms with van der Waals surface area (Å²) in [7, 11) is 0. The summed E-state index contributed by atoms with van der Waals surface area (Å²) in [6, 6.07) is 0. The number of Topliss-reactive ketones (excluding diaryl/α,β-unsaturated/α-hetero) is 1. The molecule has 0 aromatic carbocycles. The van der Waals surface area contributed by atoms with E-state index in [4.69, 9.17) is 4.74 Å². The average molecular weight is 469 g/mol. The molecule has 188 valence electrons. The highest BCUT2D eigenvalue weighted by Crippen LogP contribution is 2.52. The normalized spacial score (nSPS) is 25.7. The molecule has 0 aliphatic heterocycles. The summed E-state index contributed by atoms with van der Waals surface area (Å²) in [5.41, 5.74) is -3.10. The number of allylic oxidation sites excluding steroid dienone is 1. The van der Waals surface area contributed by atoms with Gasteiger partial charge in [0.15, 0.2) is 5.78 Å². The third-order valence-corrected chi connectivity index (χ3v) is 6.80. The molecule has 0 bridgehead atoms.